The van der Waals surface area contributed by atoms with Crippen molar-refractivity contribution in [1.29, 1.82) is 0 Å². The Kier molecular flexibility index (Phi) is 7.72. The molecule has 36 heavy (non-hydrogen) atoms. The Morgan fingerprint density at radius 2 is 1.92 bits per heavy atom. The standard InChI is InChI=1S/C28H34N4O4/c1-5-36-28(35)21-12-9-13-31(17-21)27(34)23-14-22(30-26(33)18(2)3)15-24-25(23)32(19(4)29-24)16-20-10-7-6-8-11-20/h6-8,10-11,14-15,18,21H,5,9,12-13,16-17H2,1-4H3,(H,30,33). The summed E-state index contributed by atoms with van der Waals surface area (Å²) in [6.07, 6.45) is 1.43. The highest BCUT2D eigenvalue weighted by Gasteiger charge is 2.31. The maximum Gasteiger partial charge on any atom is 0.310 e. The quantitative estimate of drug-likeness (QED) is 0.496. The van der Waals surface area contributed by atoms with Crippen LogP contribution in [0.3, 0.4) is 0 Å². The fraction of sp³-hybridized carbons (Fsp3) is 0.429. The topological polar surface area (TPSA) is 93.5 Å². The van der Waals surface area contributed by atoms with E-state index in [4.69, 9.17) is 9.72 Å². The third kappa shape index (κ3) is 5.42. The molecule has 4 rings (SSSR count). The minimum absolute atomic E-state index is 0.131. The van der Waals surface area contributed by atoms with Crippen LogP contribution in [0.4, 0.5) is 5.69 Å². The van der Waals surface area contributed by atoms with E-state index >= 15 is 0 Å². The van der Waals surface area contributed by atoms with Gasteiger partial charge in [0.1, 0.15) is 5.82 Å². The van der Waals surface area contributed by atoms with Crippen LogP contribution in [0.5, 0.6) is 0 Å². The molecule has 2 amide bonds. The Bertz CT molecular complexity index is 1270. The molecule has 8 nitrogen and oxygen atoms in total. The zero-order valence-corrected chi connectivity index (χ0v) is 21.4. The Labute approximate surface area is 211 Å². The number of aryl methyl sites for hydroxylation is 1. The molecule has 0 saturated carbocycles. The number of fused-ring (bicyclic) bond motifs is 1. The van der Waals surface area contributed by atoms with Crippen LogP contribution in [-0.2, 0) is 20.9 Å². The zero-order chi connectivity index (χ0) is 25.8. The van der Waals surface area contributed by atoms with Crippen LogP contribution < -0.4 is 5.32 Å². The highest BCUT2D eigenvalue weighted by molar-refractivity contribution is 6.08. The fourth-order valence-electron chi connectivity index (χ4n) is 4.65. The second-order valence-electron chi connectivity index (χ2n) is 9.61. The summed E-state index contributed by atoms with van der Waals surface area (Å²) in [6.45, 7) is 9.10. The summed E-state index contributed by atoms with van der Waals surface area (Å²) >= 11 is 0. The van der Waals surface area contributed by atoms with Crippen LogP contribution in [-0.4, -0.2) is 51.9 Å². The third-order valence-electron chi connectivity index (χ3n) is 6.57. The zero-order valence-electron chi connectivity index (χ0n) is 21.4. The Hall–Kier alpha value is -3.68. The molecular formula is C28H34N4O4. The number of imidazole rings is 1. The number of rotatable bonds is 7. The van der Waals surface area contributed by atoms with Crippen LogP contribution >= 0.6 is 0 Å². The van der Waals surface area contributed by atoms with Crippen molar-refractivity contribution in [1.82, 2.24) is 14.5 Å². The average molecular weight is 491 g/mol. The van der Waals surface area contributed by atoms with E-state index in [2.05, 4.69) is 5.32 Å². The first-order valence-electron chi connectivity index (χ1n) is 12.6. The number of anilines is 1. The van der Waals surface area contributed by atoms with Gasteiger partial charge in [0.15, 0.2) is 0 Å². The van der Waals surface area contributed by atoms with E-state index in [-0.39, 0.29) is 29.6 Å². The lowest BCUT2D eigenvalue weighted by Crippen LogP contribution is -2.43. The highest BCUT2D eigenvalue weighted by atomic mass is 16.5. The second kappa shape index (κ2) is 10.9. The number of amides is 2. The van der Waals surface area contributed by atoms with Crippen LogP contribution in [0.15, 0.2) is 42.5 Å². The molecule has 8 heteroatoms. The van der Waals surface area contributed by atoms with Crippen molar-refractivity contribution in [3.8, 4) is 0 Å². The van der Waals surface area contributed by atoms with Gasteiger partial charge in [0.05, 0.1) is 29.1 Å². The SMILES string of the molecule is CCOC(=O)C1CCCN(C(=O)c2cc(NC(=O)C(C)C)cc3nc(C)n(Cc4ccccc4)c23)C1. The van der Waals surface area contributed by atoms with Gasteiger partial charge in [0, 0.05) is 31.2 Å². The first-order valence-corrected chi connectivity index (χ1v) is 12.6. The van der Waals surface area contributed by atoms with Gasteiger partial charge in [-0.3, -0.25) is 14.4 Å². The summed E-state index contributed by atoms with van der Waals surface area (Å²) in [6, 6.07) is 13.6. The van der Waals surface area contributed by atoms with E-state index in [1.54, 1.807) is 17.9 Å². The third-order valence-corrected chi connectivity index (χ3v) is 6.57. The second-order valence-corrected chi connectivity index (χ2v) is 9.61. The minimum atomic E-state index is -0.335. The number of hydrogen-bond acceptors (Lipinski definition) is 5. The molecule has 2 aromatic carbocycles. The smallest absolute Gasteiger partial charge is 0.310 e. The van der Waals surface area contributed by atoms with E-state index in [9.17, 15) is 14.4 Å². The van der Waals surface area contributed by atoms with Crippen LogP contribution in [0.1, 0.15) is 55.4 Å². The van der Waals surface area contributed by atoms with Gasteiger partial charge >= 0.3 is 5.97 Å². The number of ether oxygens (including phenoxy) is 1. The first-order chi connectivity index (χ1) is 17.3. The molecule has 1 unspecified atom stereocenters. The molecule has 1 N–H and O–H groups in total. The molecule has 3 aromatic rings. The maximum absolute atomic E-state index is 13.9. The van der Waals surface area contributed by atoms with Crippen molar-refractivity contribution in [2.24, 2.45) is 11.8 Å². The summed E-state index contributed by atoms with van der Waals surface area (Å²) < 4.78 is 7.26. The monoisotopic (exact) mass is 490 g/mol. The van der Waals surface area contributed by atoms with E-state index in [0.717, 1.165) is 23.3 Å². The van der Waals surface area contributed by atoms with Gasteiger partial charge in [0.2, 0.25) is 5.91 Å². The van der Waals surface area contributed by atoms with E-state index < -0.39 is 0 Å². The average Bonchev–Trinajstić information content (AvgIpc) is 3.18. The van der Waals surface area contributed by atoms with Gasteiger partial charge in [-0.2, -0.15) is 0 Å². The lowest BCUT2D eigenvalue weighted by Gasteiger charge is -2.32. The van der Waals surface area contributed by atoms with Gasteiger partial charge in [-0.05, 0) is 44.4 Å². The molecule has 190 valence electrons. The predicted octanol–water partition coefficient (Wildman–Crippen LogP) is 4.40. The van der Waals surface area contributed by atoms with Crippen LogP contribution in [0.2, 0.25) is 0 Å². The van der Waals surface area contributed by atoms with Crippen molar-refractivity contribution in [2.45, 2.75) is 47.1 Å². The maximum atomic E-state index is 13.9. The Morgan fingerprint density at radius 3 is 2.61 bits per heavy atom. The fourth-order valence-corrected chi connectivity index (χ4v) is 4.65. The number of hydrogen-bond donors (Lipinski definition) is 1. The summed E-state index contributed by atoms with van der Waals surface area (Å²) in [5, 5.41) is 2.92. The molecule has 1 atom stereocenters. The molecule has 0 bridgehead atoms. The lowest BCUT2D eigenvalue weighted by molar-refractivity contribution is -0.149. The van der Waals surface area contributed by atoms with Crippen molar-refractivity contribution in [2.75, 3.05) is 25.0 Å². The highest BCUT2D eigenvalue weighted by Crippen LogP contribution is 2.29. The Morgan fingerprint density at radius 1 is 1.17 bits per heavy atom. The van der Waals surface area contributed by atoms with Gasteiger partial charge < -0.3 is 19.5 Å². The van der Waals surface area contributed by atoms with Crippen molar-refractivity contribution >= 4 is 34.5 Å². The van der Waals surface area contributed by atoms with Crippen LogP contribution in [0.25, 0.3) is 11.0 Å². The molecule has 1 aromatic heterocycles. The summed E-state index contributed by atoms with van der Waals surface area (Å²) in [5.41, 5.74) is 3.46. The molecule has 1 aliphatic rings. The number of benzene rings is 2. The number of aromatic nitrogens is 2. The molecule has 2 heterocycles. The number of nitrogens with zero attached hydrogens (tertiary/aromatic N) is 3. The minimum Gasteiger partial charge on any atom is -0.466 e. The predicted molar refractivity (Wildman–Crippen MR) is 139 cm³/mol. The summed E-state index contributed by atoms with van der Waals surface area (Å²) in [4.78, 5) is 45.2. The Balaban J connectivity index is 1.77. The number of carbonyl (C=O) groups excluding carboxylic acids is 3. The van der Waals surface area contributed by atoms with E-state index in [0.29, 0.717) is 49.4 Å². The number of nitrogens with one attached hydrogen (secondary N) is 1. The summed E-state index contributed by atoms with van der Waals surface area (Å²) in [5.74, 6) is -0.332. The number of likely N-dealkylation sites (tertiary alicyclic amines) is 1. The molecule has 0 spiro atoms. The van der Waals surface area contributed by atoms with Crippen molar-refractivity contribution in [3.63, 3.8) is 0 Å². The van der Waals surface area contributed by atoms with Gasteiger partial charge in [-0.1, -0.05) is 44.2 Å². The van der Waals surface area contributed by atoms with E-state index in [1.807, 2.05) is 61.7 Å². The first kappa shape index (κ1) is 25.4. The lowest BCUT2D eigenvalue weighted by atomic mass is 9.97. The van der Waals surface area contributed by atoms with Gasteiger partial charge in [0.25, 0.3) is 5.91 Å². The molecular weight excluding hydrogens is 456 g/mol. The molecule has 0 aliphatic carbocycles. The van der Waals surface area contributed by atoms with Crippen molar-refractivity contribution in [3.05, 3.63) is 59.4 Å². The number of carbonyl (C=O) groups is 3. The van der Waals surface area contributed by atoms with E-state index in [1.165, 1.54) is 0 Å². The van der Waals surface area contributed by atoms with Gasteiger partial charge in [-0.25, -0.2) is 4.98 Å². The molecule has 1 saturated heterocycles. The van der Waals surface area contributed by atoms with Crippen molar-refractivity contribution < 1.29 is 19.1 Å². The molecule has 1 aliphatic heterocycles. The largest absolute Gasteiger partial charge is 0.466 e. The number of piperidine rings is 1. The van der Waals surface area contributed by atoms with Crippen LogP contribution in [0, 0.1) is 18.8 Å². The normalized spacial score (nSPS) is 15.8. The molecule has 0 radical (unpaired) electrons. The number of esters is 1. The summed E-state index contributed by atoms with van der Waals surface area (Å²) in [7, 11) is 0. The molecule has 1 fully saturated rings. The van der Waals surface area contributed by atoms with Gasteiger partial charge in [-0.15, -0.1) is 0 Å².